The Balaban J connectivity index is 2.54. The molecule has 0 fully saturated rings. The Hall–Kier alpha value is -2.04. The van der Waals surface area contributed by atoms with Crippen molar-refractivity contribution in [1.82, 2.24) is 10.6 Å². The van der Waals surface area contributed by atoms with Crippen molar-refractivity contribution < 1.29 is 14.7 Å². The second-order valence-electron chi connectivity index (χ2n) is 5.84. The first-order valence-electron chi connectivity index (χ1n) is 7.12. The molecule has 0 bridgehead atoms. The summed E-state index contributed by atoms with van der Waals surface area (Å²) in [6.45, 7) is 8.22. The Labute approximate surface area is 125 Å². The highest BCUT2D eigenvalue weighted by Gasteiger charge is 2.20. The average Bonchev–Trinajstić information content (AvgIpc) is 2.33. The molecule has 0 heterocycles. The molecule has 0 spiro atoms. The van der Waals surface area contributed by atoms with Gasteiger partial charge in [0.25, 0.3) is 0 Å². The highest BCUT2D eigenvalue weighted by atomic mass is 16.4. The summed E-state index contributed by atoms with van der Waals surface area (Å²) >= 11 is 0. The van der Waals surface area contributed by atoms with Crippen LogP contribution in [0.5, 0.6) is 0 Å². The average molecular weight is 292 g/mol. The lowest BCUT2D eigenvalue weighted by Crippen LogP contribution is -2.46. The maximum atomic E-state index is 11.8. The maximum absolute atomic E-state index is 11.8. The van der Waals surface area contributed by atoms with Gasteiger partial charge in [-0.25, -0.2) is 9.59 Å². The van der Waals surface area contributed by atoms with Gasteiger partial charge in [-0.15, -0.1) is 0 Å². The van der Waals surface area contributed by atoms with Crippen molar-refractivity contribution in [2.45, 2.75) is 46.7 Å². The minimum atomic E-state index is -1.01. The van der Waals surface area contributed by atoms with E-state index in [1.807, 2.05) is 39.8 Å². The van der Waals surface area contributed by atoms with Crippen LogP contribution in [0.1, 0.15) is 37.0 Å². The van der Waals surface area contributed by atoms with Gasteiger partial charge in [-0.1, -0.05) is 43.2 Å². The zero-order chi connectivity index (χ0) is 16.0. The van der Waals surface area contributed by atoms with Crippen molar-refractivity contribution in [3.63, 3.8) is 0 Å². The zero-order valence-corrected chi connectivity index (χ0v) is 13.1. The lowest BCUT2D eigenvalue weighted by molar-refractivity contribution is -0.139. The van der Waals surface area contributed by atoms with E-state index in [0.29, 0.717) is 13.0 Å². The molecule has 5 heteroatoms. The van der Waals surface area contributed by atoms with Crippen molar-refractivity contribution in [2.75, 3.05) is 0 Å². The number of aryl methyl sites for hydroxylation is 2. The van der Waals surface area contributed by atoms with Crippen molar-refractivity contribution >= 4 is 12.0 Å². The summed E-state index contributed by atoms with van der Waals surface area (Å²) in [5.41, 5.74) is 3.27. The third kappa shape index (κ3) is 6.29. The molecule has 1 unspecified atom stereocenters. The molecule has 1 aromatic rings. The molecule has 0 aliphatic heterocycles. The molecule has 0 radical (unpaired) electrons. The zero-order valence-electron chi connectivity index (χ0n) is 13.1. The second kappa shape index (κ2) is 7.67. The SMILES string of the molecule is Cc1cc(C)cc(CNC(=O)NC(CC(C)C)C(=O)O)c1. The number of carbonyl (C=O) groups excluding carboxylic acids is 1. The summed E-state index contributed by atoms with van der Waals surface area (Å²) in [7, 11) is 0. The number of amides is 2. The molecule has 1 aromatic carbocycles. The molecule has 0 saturated carbocycles. The summed E-state index contributed by atoms with van der Waals surface area (Å²) in [6.07, 6.45) is 0.409. The van der Waals surface area contributed by atoms with Crippen LogP contribution in [0.25, 0.3) is 0 Å². The predicted molar refractivity (Wildman–Crippen MR) is 82.2 cm³/mol. The van der Waals surface area contributed by atoms with Gasteiger partial charge >= 0.3 is 12.0 Å². The fourth-order valence-electron chi connectivity index (χ4n) is 2.26. The van der Waals surface area contributed by atoms with Gasteiger partial charge in [0.05, 0.1) is 0 Å². The fraction of sp³-hybridized carbons (Fsp3) is 0.500. The van der Waals surface area contributed by atoms with Gasteiger partial charge in [0, 0.05) is 6.54 Å². The van der Waals surface area contributed by atoms with Crippen LogP contribution < -0.4 is 10.6 Å². The summed E-state index contributed by atoms with van der Waals surface area (Å²) in [6, 6.07) is 4.74. The van der Waals surface area contributed by atoms with E-state index in [1.165, 1.54) is 0 Å². The quantitative estimate of drug-likeness (QED) is 0.754. The van der Waals surface area contributed by atoms with Crippen molar-refractivity contribution in [3.05, 3.63) is 34.9 Å². The topological polar surface area (TPSA) is 78.4 Å². The molecular formula is C16H24N2O3. The largest absolute Gasteiger partial charge is 0.480 e. The van der Waals surface area contributed by atoms with Gasteiger partial charge in [0.15, 0.2) is 0 Å². The molecule has 2 amide bonds. The van der Waals surface area contributed by atoms with Crippen molar-refractivity contribution in [2.24, 2.45) is 5.92 Å². The minimum Gasteiger partial charge on any atom is -0.480 e. The number of benzene rings is 1. The van der Waals surface area contributed by atoms with Crippen LogP contribution in [0, 0.1) is 19.8 Å². The van der Waals surface area contributed by atoms with Gasteiger partial charge in [-0.3, -0.25) is 0 Å². The highest BCUT2D eigenvalue weighted by molar-refractivity contribution is 5.82. The Morgan fingerprint density at radius 1 is 1.14 bits per heavy atom. The molecule has 3 N–H and O–H groups in total. The van der Waals surface area contributed by atoms with Crippen LogP contribution in [-0.4, -0.2) is 23.1 Å². The van der Waals surface area contributed by atoms with E-state index in [2.05, 4.69) is 16.7 Å². The van der Waals surface area contributed by atoms with Gasteiger partial charge in [-0.05, 0) is 31.7 Å². The Morgan fingerprint density at radius 2 is 1.71 bits per heavy atom. The first kappa shape index (κ1) is 17.0. The number of carboxylic acids is 1. The normalized spacial score (nSPS) is 12.0. The monoisotopic (exact) mass is 292 g/mol. The summed E-state index contributed by atoms with van der Waals surface area (Å²) in [5.74, 6) is -0.809. The van der Waals surface area contributed by atoms with Crippen LogP contribution in [0.4, 0.5) is 4.79 Å². The predicted octanol–water partition coefficient (Wildman–Crippen LogP) is 2.60. The van der Waals surface area contributed by atoms with E-state index in [4.69, 9.17) is 5.11 Å². The number of rotatable bonds is 6. The summed E-state index contributed by atoms with van der Waals surface area (Å²) < 4.78 is 0. The molecule has 0 aliphatic rings. The van der Waals surface area contributed by atoms with E-state index in [0.717, 1.165) is 16.7 Å². The summed E-state index contributed by atoms with van der Waals surface area (Å²) in [5, 5.41) is 14.3. The van der Waals surface area contributed by atoms with Crippen LogP contribution in [0.15, 0.2) is 18.2 Å². The van der Waals surface area contributed by atoms with E-state index in [9.17, 15) is 9.59 Å². The molecule has 0 aromatic heterocycles. The summed E-state index contributed by atoms with van der Waals surface area (Å²) in [4.78, 5) is 22.9. The third-order valence-electron chi connectivity index (χ3n) is 3.05. The molecule has 21 heavy (non-hydrogen) atoms. The van der Waals surface area contributed by atoms with E-state index in [1.54, 1.807) is 0 Å². The Kier molecular flexibility index (Phi) is 6.21. The number of hydrogen-bond acceptors (Lipinski definition) is 2. The van der Waals surface area contributed by atoms with Gasteiger partial charge < -0.3 is 15.7 Å². The molecule has 5 nitrogen and oxygen atoms in total. The minimum absolute atomic E-state index is 0.200. The van der Waals surface area contributed by atoms with Crippen LogP contribution in [-0.2, 0) is 11.3 Å². The van der Waals surface area contributed by atoms with E-state index in [-0.39, 0.29) is 5.92 Å². The van der Waals surface area contributed by atoms with Crippen molar-refractivity contribution in [1.29, 1.82) is 0 Å². The number of carbonyl (C=O) groups is 2. The molecular weight excluding hydrogens is 268 g/mol. The second-order valence-corrected chi connectivity index (χ2v) is 5.84. The van der Waals surface area contributed by atoms with Gasteiger partial charge in [0.2, 0.25) is 0 Å². The number of hydrogen-bond donors (Lipinski definition) is 3. The molecule has 0 aliphatic carbocycles. The standard InChI is InChI=1S/C16H24N2O3/c1-10(2)5-14(15(19)20)18-16(21)17-9-13-7-11(3)6-12(4)8-13/h6-8,10,14H,5,9H2,1-4H3,(H,19,20)(H2,17,18,21). The number of urea groups is 1. The number of aliphatic carboxylic acids is 1. The molecule has 0 saturated heterocycles. The molecule has 1 rings (SSSR count). The van der Waals surface area contributed by atoms with Gasteiger partial charge in [-0.2, -0.15) is 0 Å². The lowest BCUT2D eigenvalue weighted by atomic mass is 10.0. The lowest BCUT2D eigenvalue weighted by Gasteiger charge is -2.17. The van der Waals surface area contributed by atoms with E-state index >= 15 is 0 Å². The third-order valence-corrected chi connectivity index (χ3v) is 3.05. The Bertz CT molecular complexity index is 492. The van der Waals surface area contributed by atoms with Crippen LogP contribution in [0.2, 0.25) is 0 Å². The highest BCUT2D eigenvalue weighted by Crippen LogP contribution is 2.08. The maximum Gasteiger partial charge on any atom is 0.326 e. The van der Waals surface area contributed by atoms with Gasteiger partial charge in [0.1, 0.15) is 6.04 Å². The first-order valence-corrected chi connectivity index (χ1v) is 7.12. The fourth-order valence-corrected chi connectivity index (χ4v) is 2.26. The molecule has 1 atom stereocenters. The van der Waals surface area contributed by atoms with Crippen LogP contribution >= 0.6 is 0 Å². The Morgan fingerprint density at radius 3 is 2.19 bits per heavy atom. The number of carboxylic acid groups (broad SMARTS) is 1. The molecule has 116 valence electrons. The van der Waals surface area contributed by atoms with Crippen molar-refractivity contribution in [3.8, 4) is 0 Å². The smallest absolute Gasteiger partial charge is 0.326 e. The van der Waals surface area contributed by atoms with E-state index < -0.39 is 18.0 Å². The number of nitrogens with one attached hydrogen (secondary N) is 2. The van der Waals surface area contributed by atoms with Crippen LogP contribution in [0.3, 0.4) is 0 Å². The first-order chi connectivity index (χ1) is 9.77.